The summed E-state index contributed by atoms with van der Waals surface area (Å²) < 4.78 is 143. The molecule has 2 saturated heterocycles. The average Bonchev–Trinajstić information content (AvgIpc) is 4.14. The molecule has 0 bridgehead atoms. The molecule has 2 N–H and O–H groups in total. The van der Waals surface area contributed by atoms with E-state index in [0.717, 1.165) is 46.6 Å². The molecule has 3 aromatic carbocycles. The second kappa shape index (κ2) is 23.3. The smallest absolute Gasteiger partial charge is 0.420 e. The SMILES string of the molecule is Cc1ncsc1-c1ccc([C@H](C)NC(=O)[C@@H]2CCCN2C(=O)C(NC(=O)COCCCCOc2c(F)cc(-c3ncc(N4C(=S)N(c5ccc(C#N)c(C(F)(F)F)c5F)C(=O)C4(C)C)cc3C(F)(F)F)cc2F)C(C)(C)C)cc1. The van der Waals surface area contributed by atoms with Crippen molar-refractivity contribution in [3.8, 4) is 33.5 Å². The third kappa shape index (κ3) is 12.7. The van der Waals surface area contributed by atoms with E-state index in [1.165, 1.54) is 11.0 Å². The quantitative estimate of drug-likeness (QED) is 0.0516. The van der Waals surface area contributed by atoms with Crippen LogP contribution in [0.25, 0.3) is 21.7 Å². The number of unbranched alkanes of at least 4 members (excludes halogenated alkanes) is 1. The monoisotopic (exact) mass is 1140 g/mol. The topological polar surface area (TPSA) is 170 Å². The van der Waals surface area contributed by atoms with E-state index in [-0.39, 0.29) is 38.0 Å². The van der Waals surface area contributed by atoms with Gasteiger partial charge in [-0.05, 0) is 112 Å². The molecule has 4 amide bonds. The van der Waals surface area contributed by atoms with E-state index in [9.17, 15) is 50.8 Å². The lowest BCUT2D eigenvalue weighted by molar-refractivity contribution is -0.144. The van der Waals surface area contributed by atoms with E-state index in [2.05, 4.69) is 20.6 Å². The predicted octanol–water partition coefficient (Wildman–Crippen LogP) is 11.0. The summed E-state index contributed by atoms with van der Waals surface area (Å²) in [6.45, 7) is 11.0. The lowest BCUT2D eigenvalue weighted by Gasteiger charge is -2.35. The van der Waals surface area contributed by atoms with E-state index in [4.69, 9.17) is 21.7 Å². The maximum atomic E-state index is 15.5. The van der Waals surface area contributed by atoms with E-state index in [1.807, 2.05) is 38.1 Å². The van der Waals surface area contributed by atoms with Gasteiger partial charge in [-0.3, -0.25) is 29.1 Å². The van der Waals surface area contributed by atoms with Crippen molar-refractivity contribution in [2.45, 2.75) is 110 Å². The first-order chi connectivity index (χ1) is 37.0. The number of hydrogen-bond donors (Lipinski definition) is 2. The number of amides is 4. The van der Waals surface area contributed by atoms with Crippen molar-refractivity contribution >= 4 is 63.7 Å². The molecule has 1 unspecified atom stereocenters. The standard InChI is InChI=1S/C54H53F9N8O6S2/c1-28(30-12-14-31(15-13-30)45-29(2)66-27-79-45)67-47(73)39-11-10-18-69(39)48(74)46(51(3,4)5)68-40(72)26-76-19-8-9-20-77-44-36(55)21-33(22-37(44)56)43-35(53(58,59)60)23-34(25-65-43)71-50(78)70(49(75)52(71,6)7)38-17-16-32(24-64)41(42(38)57)54(61,62)63/h12-17,21-23,25,27-28,39,46H,8-11,18-20,26H2,1-7H3,(H,67,73)(H,68,72)/t28-,39-,46?/m0/s1. The van der Waals surface area contributed by atoms with Crippen molar-refractivity contribution in [3.63, 3.8) is 0 Å². The molecule has 2 aromatic heterocycles. The van der Waals surface area contributed by atoms with Crippen LogP contribution in [0.4, 0.5) is 50.9 Å². The van der Waals surface area contributed by atoms with Crippen LogP contribution in [-0.4, -0.2) is 87.6 Å². The molecule has 0 spiro atoms. The Kier molecular flexibility index (Phi) is 17.5. The number of hydrogen-bond acceptors (Lipinski definition) is 11. The number of nitrogens with one attached hydrogen (secondary N) is 2. The number of aromatic nitrogens is 2. The van der Waals surface area contributed by atoms with E-state index < -0.39 is 127 Å². The van der Waals surface area contributed by atoms with Gasteiger partial charge in [0, 0.05) is 18.7 Å². The van der Waals surface area contributed by atoms with Crippen LogP contribution in [0.3, 0.4) is 0 Å². The van der Waals surface area contributed by atoms with Crippen LogP contribution in [-0.2, 0) is 36.3 Å². The number of alkyl halides is 6. The summed E-state index contributed by atoms with van der Waals surface area (Å²) in [5.41, 5.74) is -5.99. The normalized spacial score (nSPS) is 16.5. The zero-order chi connectivity index (χ0) is 58.1. The number of thiocarbonyl (C=S) groups is 1. The highest BCUT2D eigenvalue weighted by atomic mass is 32.1. The summed E-state index contributed by atoms with van der Waals surface area (Å²) in [5, 5.41) is 14.2. The summed E-state index contributed by atoms with van der Waals surface area (Å²) in [7, 11) is 0. The van der Waals surface area contributed by atoms with Crippen molar-refractivity contribution in [2.24, 2.45) is 5.41 Å². The first-order valence-corrected chi connectivity index (χ1v) is 25.9. The zero-order valence-corrected chi connectivity index (χ0v) is 45.2. The molecule has 2 aliphatic rings. The Labute approximate surface area is 457 Å². The van der Waals surface area contributed by atoms with Gasteiger partial charge in [0.05, 0.1) is 69.2 Å². The molecule has 14 nitrogen and oxygen atoms in total. The molecule has 0 saturated carbocycles. The lowest BCUT2D eigenvalue weighted by atomic mass is 9.85. The van der Waals surface area contributed by atoms with Crippen LogP contribution in [0.1, 0.15) is 101 Å². The number of benzene rings is 3. The van der Waals surface area contributed by atoms with Crippen LogP contribution in [0, 0.1) is 41.1 Å². The number of anilines is 2. The van der Waals surface area contributed by atoms with Gasteiger partial charge in [-0.1, -0.05) is 45.0 Å². The molecule has 4 heterocycles. The van der Waals surface area contributed by atoms with E-state index in [1.54, 1.807) is 37.6 Å². The zero-order valence-electron chi connectivity index (χ0n) is 43.6. The van der Waals surface area contributed by atoms with Crippen LogP contribution < -0.4 is 25.2 Å². The molecule has 2 aliphatic heterocycles. The van der Waals surface area contributed by atoms with Crippen molar-refractivity contribution in [1.82, 2.24) is 25.5 Å². The number of likely N-dealkylation sites (tertiary alicyclic amines) is 1. The van der Waals surface area contributed by atoms with Crippen LogP contribution in [0.15, 0.2) is 66.3 Å². The number of carbonyl (C=O) groups excluding carboxylic acids is 4. The Balaban J connectivity index is 0.923. The number of thiazole rings is 1. The molecule has 3 atom stereocenters. The molecule has 0 aliphatic carbocycles. The first-order valence-electron chi connectivity index (χ1n) is 24.6. The summed E-state index contributed by atoms with van der Waals surface area (Å²) in [6, 6.07) is 9.79. The van der Waals surface area contributed by atoms with Gasteiger partial charge in [0.1, 0.15) is 29.8 Å². The maximum Gasteiger partial charge on any atom is 0.420 e. The third-order valence-electron chi connectivity index (χ3n) is 13.3. The number of aryl methyl sites for hydroxylation is 1. The second-order valence-electron chi connectivity index (χ2n) is 20.4. The van der Waals surface area contributed by atoms with Crippen LogP contribution in [0.2, 0.25) is 0 Å². The average molecular weight is 1150 g/mol. The minimum atomic E-state index is -5.39. The second-order valence-corrected chi connectivity index (χ2v) is 21.6. The van der Waals surface area contributed by atoms with Crippen molar-refractivity contribution in [3.05, 3.63) is 112 Å². The molecule has 79 heavy (non-hydrogen) atoms. The molecular formula is C54H53F9N8O6S2. The highest BCUT2D eigenvalue weighted by Crippen LogP contribution is 2.45. The number of nitrogens with zero attached hydrogens (tertiary/aromatic N) is 6. The Morgan fingerprint density at radius 3 is 2.18 bits per heavy atom. The van der Waals surface area contributed by atoms with Gasteiger partial charge in [-0.15, -0.1) is 11.3 Å². The van der Waals surface area contributed by atoms with Gasteiger partial charge in [0.15, 0.2) is 28.3 Å². The number of rotatable bonds is 17. The number of ether oxygens (including phenoxy) is 2. The molecule has 25 heteroatoms. The maximum absolute atomic E-state index is 15.5. The first kappa shape index (κ1) is 59.5. The van der Waals surface area contributed by atoms with Crippen molar-refractivity contribution < 1.29 is 68.2 Å². The van der Waals surface area contributed by atoms with Crippen molar-refractivity contribution in [2.75, 3.05) is 36.2 Å². The van der Waals surface area contributed by atoms with Gasteiger partial charge in [0.2, 0.25) is 17.7 Å². The highest BCUT2D eigenvalue weighted by Gasteiger charge is 2.53. The Bertz CT molecular complexity index is 3190. The summed E-state index contributed by atoms with van der Waals surface area (Å²) >= 11 is 6.87. The largest absolute Gasteiger partial charge is 0.488 e. The Morgan fingerprint density at radius 1 is 0.924 bits per heavy atom. The van der Waals surface area contributed by atoms with Gasteiger partial charge in [-0.2, -0.15) is 31.6 Å². The van der Waals surface area contributed by atoms with Gasteiger partial charge in [-0.25, -0.2) is 18.2 Å². The highest BCUT2D eigenvalue weighted by molar-refractivity contribution is 7.81. The molecule has 0 radical (unpaired) electrons. The number of halogens is 9. The van der Waals surface area contributed by atoms with Gasteiger partial charge >= 0.3 is 12.4 Å². The predicted molar refractivity (Wildman–Crippen MR) is 278 cm³/mol. The fourth-order valence-electron chi connectivity index (χ4n) is 9.27. The van der Waals surface area contributed by atoms with Crippen molar-refractivity contribution in [1.29, 1.82) is 5.26 Å². The minimum absolute atomic E-state index is 0.0201. The van der Waals surface area contributed by atoms with Gasteiger partial charge in [0.25, 0.3) is 5.91 Å². The Morgan fingerprint density at radius 2 is 1.58 bits per heavy atom. The number of pyridine rings is 1. The number of carbonyl (C=O) groups is 4. The van der Waals surface area contributed by atoms with E-state index >= 15 is 13.2 Å². The lowest BCUT2D eigenvalue weighted by Crippen LogP contribution is -2.58. The fraction of sp³-hybridized carbons (Fsp3) is 0.407. The number of nitriles is 1. The van der Waals surface area contributed by atoms with Gasteiger partial charge < -0.3 is 29.9 Å². The Hall–Kier alpha value is -7.17. The summed E-state index contributed by atoms with van der Waals surface area (Å²) in [6.07, 6.45) is -8.50. The molecule has 420 valence electrons. The minimum Gasteiger partial charge on any atom is -0.488 e. The third-order valence-corrected chi connectivity index (χ3v) is 14.7. The van der Waals surface area contributed by atoms with Crippen LogP contribution >= 0.6 is 23.6 Å². The molecule has 5 aromatic rings. The molecule has 2 fully saturated rings. The molecule has 7 rings (SSSR count). The van der Waals surface area contributed by atoms with E-state index in [0.29, 0.717) is 54.6 Å². The summed E-state index contributed by atoms with van der Waals surface area (Å²) in [4.78, 5) is 66.3. The van der Waals surface area contributed by atoms with Crippen LogP contribution in [0.5, 0.6) is 5.75 Å². The molecular weight excluding hydrogens is 1090 g/mol. The summed E-state index contributed by atoms with van der Waals surface area (Å²) in [5.74, 6) is -8.23. The fourth-order valence-corrected chi connectivity index (χ4v) is 10.6.